The summed E-state index contributed by atoms with van der Waals surface area (Å²) in [6.07, 6.45) is 9.98. The number of nitrogens with one attached hydrogen (secondary N) is 1. The molecule has 0 saturated heterocycles. The predicted molar refractivity (Wildman–Crippen MR) is 80.4 cm³/mol. The number of hydrogen-bond acceptors (Lipinski definition) is 3. The summed E-state index contributed by atoms with van der Waals surface area (Å²) in [6.45, 7) is 0. The number of nitrogens with zero attached hydrogens (tertiary/aromatic N) is 1. The lowest BCUT2D eigenvalue weighted by atomic mass is 10.1. The zero-order chi connectivity index (χ0) is 14.4. The maximum atomic E-state index is 11.8. The highest BCUT2D eigenvalue weighted by molar-refractivity contribution is 7.85. The van der Waals surface area contributed by atoms with Gasteiger partial charge in [0.25, 0.3) is 0 Å². The largest absolute Gasteiger partial charge is 0.273 e. The van der Waals surface area contributed by atoms with Crippen LogP contribution in [0.3, 0.4) is 0 Å². The molecule has 1 N–H and O–H groups in total. The first-order valence-electron chi connectivity index (χ1n) is 6.14. The Balaban J connectivity index is 2.10. The van der Waals surface area contributed by atoms with Crippen molar-refractivity contribution in [1.82, 2.24) is 5.43 Å². The summed E-state index contributed by atoms with van der Waals surface area (Å²) in [6, 6.07) is 7.39. The number of carbonyl (C=O) groups is 1. The molecular formula is C15H14N2O2S. The second kappa shape index (κ2) is 6.83. The van der Waals surface area contributed by atoms with Crippen LogP contribution in [0.15, 0.2) is 40.3 Å². The monoisotopic (exact) mass is 286 g/mol. The molecule has 0 aliphatic carbocycles. The first-order chi connectivity index (χ1) is 9.69. The lowest BCUT2D eigenvalue weighted by Crippen LogP contribution is -2.24. The molecule has 0 saturated carbocycles. The molecule has 1 amide bonds. The number of hydrogen-bond donors (Lipinski definition) is 1. The van der Waals surface area contributed by atoms with Crippen LogP contribution in [0.25, 0.3) is 6.08 Å². The summed E-state index contributed by atoms with van der Waals surface area (Å²) >= 11 is 0. The molecule has 1 atom stereocenters. The standard InChI is InChI=1S/C15H14N2O2S/c1-2-10-20(19)14-5-3-4-12(11-14)6-7-13-8-9-15(18)17-16-13/h1,3-7,11H,8-10H2,(H,17,18). The lowest BCUT2D eigenvalue weighted by molar-refractivity contribution is -0.121. The maximum Gasteiger partial charge on any atom is 0.240 e. The SMILES string of the molecule is C#CCS(=O)c1cccc(C=CC2=NNC(=O)CC2)c1. The maximum absolute atomic E-state index is 11.8. The second-order valence-electron chi connectivity index (χ2n) is 4.24. The minimum atomic E-state index is -1.16. The summed E-state index contributed by atoms with van der Waals surface area (Å²) in [4.78, 5) is 11.7. The van der Waals surface area contributed by atoms with Gasteiger partial charge < -0.3 is 0 Å². The summed E-state index contributed by atoms with van der Waals surface area (Å²) in [5.41, 5.74) is 4.18. The van der Waals surface area contributed by atoms with Crippen LogP contribution >= 0.6 is 0 Å². The lowest BCUT2D eigenvalue weighted by Gasteiger charge is -2.08. The van der Waals surface area contributed by atoms with Crippen LogP contribution in [0, 0.1) is 12.3 Å². The van der Waals surface area contributed by atoms with Gasteiger partial charge in [0.15, 0.2) is 0 Å². The number of rotatable bonds is 4. The van der Waals surface area contributed by atoms with Crippen LogP contribution in [0.1, 0.15) is 18.4 Å². The van der Waals surface area contributed by atoms with Crippen molar-refractivity contribution in [3.8, 4) is 12.3 Å². The molecule has 1 aliphatic heterocycles. The third-order valence-electron chi connectivity index (χ3n) is 2.74. The first kappa shape index (κ1) is 14.2. The van der Waals surface area contributed by atoms with E-state index in [9.17, 15) is 9.00 Å². The molecule has 1 aromatic carbocycles. The topological polar surface area (TPSA) is 58.5 Å². The van der Waals surface area contributed by atoms with Crippen molar-refractivity contribution in [2.75, 3.05) is 5.75 Å². The van der Waals surface area contributed by atoms with Crippen molar-refractivity contribution in [2.45, 2.75) is 17.7 Å². The van der Waals surface area contributed by atoms with E-state index in [1.807, 2.05) is 30.4 Å². The van der Waals surface area contributed by atoms with Gasteiger partial charge in [-0.2, -0.15) is 5.10 Å². The fraction of sp³-hybridized carbons (Fsp3) is 0.200. The molecule has 0 bridgehead atoms. The number of allylic oxidation sites excluding steroid dienone is 1. The van der Waals surface area contributed by atoms with E-state index in [2.05, 4.69) is 16.4 Å². The van der Waals surface area contributed by atoms with Crippen molar-refractivity contribution in [1.29, 1.82) is 0 Å². The molecule has 5 heteroatoms. The quantitative estimate of drug-likeness (QED) is 0.857. The van der Waals surface area contributed by atoms with E-state index in [0.717, 1.165) is 11.3 Å². The third kappa shape index (κ3) is 3.90. The molecule has 0 spiro atoms. The van der Waals surface area contributed by atoms with Gasteiger partial charge in [-0.15, -0.1) is 6.42 Å². The van der Waals surface area contributed by atoms with Gasteiger partial charge in [0.1, 0.15) is 0 Å². The summed E-state index contributed by atoms with van der Waals surface area (Å²) in [5.74, 6) is 2.55. The van der Waals surface area contributed by atoms with Gasteiger partial charge in [-0.1, -0.05) is 24.1 Å². The van der Waals surface area contributed by atoms with Crippen LogP contribution in [0.4, 0.5) is 0 Å². The highest BCUT2D eigenvalue weighted by Crippen LogP contribution is 2.12. The van der Waals surface area contributed by atoms with Crippen LogP contribution in [0.2, 0.25) is 0 Å². The molecule has 1 aromatic rings. The third-order valence-corrected chi connectivity index (χ3v) is 3.94. The van der Waals surface area contributed by atoms with E-state index in [-0.39, 0.29) is 11.7 Å². The molecule has 0 fully saturated rings. The Morgan fingerprint density at radius 2 is 2.25 bits per heavy atom. The van der Waals surface area contributed by atoms with Gasteiger partial charge in [-0.3, -0.25) is 9.00 Å². The average molecular weight is 286 g/mol. The van der Waals surface area contributed by atoms with E-state index < -0.39 is 10.8 Å². The number of hydrazone groups is 1. The molecule has 1 heterocycles. The Morgan fingerprint density at radius 3 is 2.95 bits per heavy atom. The normalized spacial score (nSPS) is 16.4. The number of terminal acetylenes is 1. The van der Waals surface area contributed by atoms with Crippen molar-refractivity contribution in [3.05, 3.63) is 35.9 Å². The number of benzene rings is 1. The molecule has 4 nitrogen and oxygen atoms in total. The zero-order valence-corrected chi connectivity index (χ0v) is 11.7. The van der Waals surface area contributed by atoms with E-state index >= 15 is 0 Å². The summed E-state index contributed by atoms with van der Waals surface area (Å²) in [5, 5.41) is 3.96. The first-order valence-corrected chi connectivity index (χ1v) is 7.46. The van der Waals surface area contributed by atoms with Crippen molar-refractivity contribution >= 4 is 28.5 Å². The van der Waals surface area contributed by atoms with E-state index in [1.54, 1.807) is 6.07 Å². The molecule has 0 aromatic heterocycles. The van der Waals surface area contributed by atoms with Crippen LogP contribution in [-0.4, -0.2) is 21.6 Å². The number of amides is 1. The van der Waals surface area contributed by atoms with E-state index in [0.29, 0.717) is 17.7 Å². The Kier molecular flexibility index (Phi) is 4.85. The van der Waals surface area contributed by atoms with Crippen molar-refractivity contribution < 1.29 is 9.00 Å². The van der Waals surface area contributed by atoms with Gasteiger partial charge in [0, 0.05) is 17.7 Å². The van der Waals surface area contributed by atoms with Gasteiger partial charge in [0.2, 0.25) is 5.91 Å². The Labute approximate surface area is 120 Å². The summed E-state index contributed by atoms with van der Waals surface area (Å²) in [7, 11) is -1.16. The fourth-order valence-electron chi connectivity index (χ4n) is 1.72. The molecular weight excluding hydrogens is 272 g/mol. The van der Waals surface area contributed by atoms with Crippen molar-refractivity contribution in [3.63, 3.8) is 0 Å². The fourth-order valence-corrected chi connectivity index (χ4v) is 2.54. The highest BCUT2D eigenvalue weighted by Gasteiger charge is 2.08. The molecule has 1 aliphatic rings. The predicted octanol–water partition coefficient (Wildman–Crippen LogP) is 1.71. The Bertz CT molecular complexity index is 642. The van der Waals surface area contributed by atoms with Gasteiger partial charge >= 0.3 is 0 Å². The smallest absolute Gasteiger partial charge is 0.240 e. The minimum Gasteiger partial charge on any atom is -0.273 e. The van der Waals surface area contributed by atoms with E-state index in [4.69, 9.17) is 6.42 Å². The zero-order valence-electron chi connectivity index (χ0n) is 10.8. The van der Waals surface area contributed by atoms with Crippen LogP contribution in [-0.2, 0) is 15.6 Å². The molecule has 20 heavy (non-hydrogen) atoms. The minimum absolute atomic E-state index is 0.0613. The van der Waals surface area contributed by atoms with Crippen LogP contribution in [0.5, 0.6) is 0 Å². The van der Waals surface area contributed by atoms with Crippen molar-refractivity contribution in [2.24, 2.45) is 5.10 Å². The molecule has 0 radical (unpaired) electrons. The summed E-state index contributed by atoms with van der Waals surface area (Å²) < 4.78 is 11.8. The molecule has 1 unspecified atom stereocenters. The highest BCUT2D eigenvalue weighted by atomic mass is 32.2. The average Bonchev–Trinajstić information content (AvgIpc) is 2.47. The van der Waals surface area contributed by atoms with Gasteiger partial charge in [-0.25, -0.2) is 5.43 Å². The second-order valence-corrected chi connectivity index (χ2v) is 5.69. The Hall–Kier alpha value is -2.19. The molecule has 2 rings (SSSR count). The van der Waals surface area contributed by atoms with Crippen LogP contribution < -0.4 is 5.43 Å². The van der Waals surface area contributed by atoms with Gasteiger partial charge in [0.05, 0.1) is 22.3 Å². The Morgan fingerprint density at radius 1 is 1.40 bits per heavy atom. The molecule has 102 valence electrons. The van der Waals surface area contributed by atoms with E-state index in [1.165, 1.54) is 0 Å². The van der Waals surface area contributed by atoms with Gasteiger partial charge in [-0.05, 0) is 23.8 Å². The number of carbonyl (C=O) groups excluding carboxylic acids is 1.